The van der Waals surface area contributed by atoms with E-state index in [2.05, 4.69) is 20.6 Å². The second-order valence-electron chi connectivity index (χ2n) is 7.23. The van der Waals surface area contributed by atoms with Gasteiger partial charge < -0.3 is 20.3 Å². The van der Waals surface area contributed by atoms with Crippen molar-refractivity contribution in [3.8, 4) is 5.75 Å². The molecular weight excluding hydrogens is 446 g/mol. The molecule has 0 spiro atoms. The van der Waals surface area contributed by atoms with Crippen molar-refractivity contribution >= 4 is 17.7 Å². The second-order valence-corrected chi connectivity index (χ2v) is 7.23. The molecule has 0 aliphatic rings. The lowest BCUT2D eigenvalue weighted by Crippen LogP contribution is -2.30. The van der Waals surface area contributed by atoms with Crippen LogP contribution in [-0.4, -0.2) is 52.8 Å². The Morgan fingerprint density at radius 1 is 0.886 bits per heavy atom. The summed E-state index contributed by atoms with van der Waals surface area (Å²) in [5.41, 5.74) is 0.0478. The lowest BCUT2D eigenvalue weighted by atomic mass is 10.1. The first-order valence-corrected chi connectivity index (χ1v) is 10.9. The molecule has 9 heteroatoms. The first kappa shape index (κ1) is 20.1. The fourth-order valence-corrected chi connectivity index (χ4v) is 3.08. The summed E-state index contributed by atoms with van der Waals surface area (Å²) >= 11 is 0. The molecule has 0 unspecified atom stereocenters. The Balaban J connectivity index is 1.73. The van der Waals surface area contributed by atoms with Crippen LogP contribution in [0.5, 0.6) is 5.75 Å². The summed E-state index contributed by atoms with van der Waals surface area (Å²) in [5.74, 6) is -1.60. The molecule has 0 bridgehead atoms. The summed E-state index contributed by atoms with van der Waals surface area (Å²) < 4.78 is 38.2. The molecule has 3 aromatic rings. The summed E-state index contributed by atoms with van der Waals surface area (Å²) in [6.07, 6.45) is 0.953. The zero-order valence-corrected chi connectivity index (χ0v) is 19.7. The van der Waals surface area contributed by atoms with Crippen molar-refractivity contribution in [3.63, 3.8) is 0 Å². The van der Waals surface area contributed by atoms with Gasteiger partial charge >= 0.3 is 0 Å². The number of ether oxygens (including phenoxy) is 1. The molecule has 0 saturated heterocycles. The van der Waals surface area contributed by atoms with Gasteiger partial charge in [-0.2, -0.15) is 0 Å². The molecule has 182 valence electrons. The monoisotopic (exact) mass is 479 g/mol. The quantitative estimate of drug-likeness (QED) is 0.462. The largest absolute Gasteiger partial charge is 0.497 e. The molecule has 3 amide bonds. The number of amides is 3. The highest BCUT2D eigenvalue weighted by Gasteiger charge is 2.14. The molecule has 0 radical (unpaired) electrons. The molecule has 0 aliphatic carbocycles. The van der Waals surface area contributed by atoms with Gasteiger partial charge in [-0.3, -0.25) is 14.4 Å². The number of carbonyl (C=O) groups excluding carboxylic acids is 3. The van der Waals surface area contributed by atoms with E-state index >= 15 is 0 Å². The number of nitrogens with zero attached hydrogens (tertiary/aromatic N) is 3. The van der Waals surface area contributed by atoms with Crippen LogP contribution < -0.4 is 15.4 Å². The van der Waals surface area contributed by atoms with Crippen LogP contribution in [0.1, 0.15) is 61.8 Å². The van der Waals surface area contributed by atoms with Gasteiger partial charge in [-0.1, -0.05) is 24.3 Å². The molecule has 35 heavy (non-hydrogen) atoms. The van der Waals surface area contributed by atoms with E-state index in [0.29, 0.717) is 24.4 Å². The maximum absolute atomic E-state index is 12.8. The lowest BCUT2D eigenvalue weighted by molar-refractivity contribution is 0.0772. The fourth-order valence-electron chi connectivity index (χ4n) is 3.08. The Bertz CT molecular complexity index is 1350. The van der Waals surface area contributed by atoms with E-state index in [1.807, 2.05) is 13.8 Å². The molecular formula is C26H29N5O4. The Hall–Kier alpha value is -4.27. The summed E-state index contributed by atoms with van der Waals surface area (Å²) in [6.45, 7) is 0.198. The number of carbonyl (C=O) groups is 3. The molecule has 3 rings (SSSR count). The highest BCUT2D eigenvalue weighted by atomic mass is 16.5. The summed E-state index contributed by atoms with van der Waals surface area (Å²) in [6, 6.07) is 13.0. The third-order valence-corrected chi connectivity index (χ3v) is 5.03. The van der Waals surface area contributed by atoms with Crippen molar-refractivity contribution in [3.05, 3.63) is 89.0 Å². The van der Waals surface area contributed by atoms with E-state index in [9.17, 15) is 14.4 Å². The maximum Gasteiger partial charge on any atom is 0.270 e. The first-order chi connectivity index (χ1) is 18.4. The van der Waals surface area contributed by atoms with Crippen molar-refractivity contribution in [1.29, 1.82) is 0 Å². The molecule has 0 aliphatic heterocycles. The van der Waals surface area contributed by atoms with Crippen LogP contribution in [0, 0.1) is 0 Å². The average Bonchev–Trinajstić information content (AvgIpc) is 2.93. The highest BCUT2D eigenvalue weighted by Crippen LogP contribution is 2.12. The van der Waals surface area contributed by atoms with Crippen molar-refractivity contribution < 1.29 is 24.6 Å². The second kappa shape index (κ2) is 12.3. The van der Waals surface area contributed by atoms with Gasteiger partial charge in [0.1, 0.15) is 23.5 Å². The molecule has 2 aromatic carbocycles. The summed E-state index contributed by atoms with van der Waals surface area (Å²) in [7, 11) is 1.44. The Labute approximate surface area is 210 Å². The smallest absolute Gasteiger partial charge is 0.270 e. The van der Waals surface area contributed by atoms with Gasteiger partial charge in [0.05, 0.1) is 12.6 Å². The van der Waals surface area contributed by atoms with E-state index < -0.39 is 24.8 Å². The van der Waals surface area contributed by atoms with Crippen molar-refractivity contribution in [2.24, 2.45) is 0 Å². The van der Waals surface area contributed by atoms with Crippen LogP contribution in [0.15, 0.2) is 60.9 Å². The molecule has 0 fully saturated rings. The van der Waals surface area contributed by atoms with Gasteiger partial charge in [0.15, 0.2) is 0 Å². The molecule has 0 saturated carbocycles. The summed E-state index contributed by atoms with van der Waals surface area (Å²) in [4.78, 5) is 47.3. The molecule has 9 nitrogen and oxygen atoms in total. The third-order valence-electron chi connectivity index (χ3n) is 5.03. The van der Waals surface area contributed by atoms with Gasteiger partial charge in [0.25, 0.3) is 17.7 Å². The number of aromatic nitrogens is 2. The number of rotatable bonds is 10. The van der Waals surface area contributed by atoms with Gasteiger partial charge in [-0.15, -0.1) is 0 Å². The Kier molecular flexibility index (Phi) is 7.06. The molecule has 1 aromatic heterocycles. The Morgan fingerprint density at radius 2 is 1.49 bits per heavy atom. The zero-order valence-electron chi connectivity index (χ0n) is 23.7. The third kappa shape index (κ3) is 6.86. The van der Waals surface area contributed by atoms with Crippen LogP contribution in [0.4, 0.5) is 0 Å². The van der Waals surface area contributed by atoms with Gasteiger partial charge in [-0.25, -0.2) is 9.97 Å². The molecule has 2 N–H and O–H groups in total. The standard InChI is InChI=1S/C26H29N5O4/c1-4-31(5-2)26(34)20-11-9-18(10-12-20)15-27-24(32)22-14-23(30-17-29-22)25(33)28-16-19-7-6-8-21(13-19)35-3/h6-14,17H,4-5,15-16H2,1-3H3,(H,27,32)(H,28,33)/i15D2,16D2. The number of nitrogens with one attached hydrogen (secondary N) is 2. The number of benzene rings is 2. The number of methoxy groups -OCH3 is 1. The van der Waals surface area contributed by atoms with Crippen molar-refractivity contribution in [2.75, 3.05) is 20.2 Å². The van der Waals surface area contributed by atoms with Gasteiger partial charge in [-0.05, 0) is 49.2 Å². The van der Waals surface area contributed by atoms with Crippen molar-refractivity contribution in [1.82, 2.24) is 25.5 Å². The average molecular weight is 480 g/mol. The maximum atomic E-state index is 12.8. The van der Waals surface area contributed by atoms with Crippen LogP contribution in [0.25, 0.3) is 0 Å². The topological polar surface area (TPSA) is 114 Å². The van der Waals surface area contributed by atoms with Gasteiger partial charge in [0, 0.05) is 37.7 Å². The van der Waals surface area contributed by atoms with Crippen LogP contribution in [-0.2, 0) is 13.0 Å². The lowest BCUT2D eigenvalue weighted by Gasteiger charge is -2.18. The van der Waals surface area contributed by atoms with E-state index in [4.69, 9.17) is 10.2 Å². The first-order valence-electron chi connectivity index (χ1n) is 12.9. The van der Waals surface area contributed by atoms with E-state index in [1.54, 1.807) is 17.0 Å². The number of hydrogen-bond donors (Lipinski definition) is 2. The molecule has 1 heterocycles. The predicted molar refractivity (Wildman–Crippen MR) is 131 cm³/mol. The SMILES string of the molecule is [2H]C([2H])(NC(=O)c1cc(C(=O)NC([2H])([2H])c2cccc(OC)c2)ncn1)c1ccc(C(=O)N(CC)CC)cc1. The van der Waals surface area contributed by atoms with Crippen LogP contribution in [0.2, 0.25) is 0 Å². The fraction of sp³-hybridized carbons (Fsp3) is 0.269. The van der Waals surface area contributed by atoms with E-state index in [0.717, 1.165) is 12.4 Å². The highest BCUT2D eigenvalue weighted by molar-refractivity contribution is 5.97. The minimum Gasteiger partial charge on any atom is -0.497 e. The normalized spacial score (nSPS) is 12.9. The van der Waals surface area contributed by atoms with Crippen LogP contribution >= 0.6 is 0 Å². The molecule has 0 atom stereocenters. The van der Waals surface area contributed by atoms with E-state index in [-0.39, 0.29) is 28.4 Å². The summed E-state index contributed by atoms with van der Waals surface area (Å²) in [5, 5.41) is 4.45. The van der Waals surface area contributed by atoms with E-state index in [1.165, 1.54) is 43.5 Å². The number of hydrogen-bond acceptors (Lipinski definition) is 6. The Morgan fingerprint density at radius 3 is 2.06 bits per heavy atom. The minimum absolute atomic E-state index is 0.102. The van der Waals surface area contributed by atoms with Crippen molar-refractivity contribution in [2.45, 2.75) is 26.8 Å². The zero-order chi connectivity index (χ0) is 28.8. The predicted octanol–water partition coefficient (Wildman–Crippen LogP) is 2.83. The van der Waals surface area contributed by atoms with Gasteiger partial charge in [0.2, 0.25) is 0 Å². The van der Waals surface area contributed by atoms with Crippen LogP contribution in [0.3, 0.4) is 0 Å². The minimum atomic E-state index is -2.33.